The van der Waals surface area contributed by atoms with Crippen molar-refractivity contribution in [2.45, 2.75) is 30.7 Å². The molecule has 0 radical (unpaired) electrons. The summed E-state index contributed by atoms with van der Waals surface area (Å²) in [5.74, 6) is 2.11. The van der Waals surface area contributed by atoms with Crippen LogP contribution in [0.3, 0.4) is 0 Å². The molecule has 1 atom stereocenters. The quantitative estimate of drug-likeness (QED) is 0.656. The molecule has 2 aliphatic heterocycles. The fourth-order valence-electron chi connectivity index (χ4n) is 3.37. The summed E-state index contributed by atoms with van der Waals surface area (Å²) in [5.41, 5.74) is 6.13. The van der Waals surface area contributed by atoms with E-state index in [-0.39, 0.29) is 6.61 Å². The van der Waals surface area contributed by atoms with Crippen LogP contribution in [0.2, 0.25) is 5.02 Å². The number of aromatic nitrogens is 4. The third kappa shape index (κ3) is 4.77. The molecule has 4 heterocycles. The van der Waals surface area contributed by atoms with E-state index in [0.717, 1.165) is 11.3 Å². The first-order valence-electron chi connectivity index (χ1n) is 9.63. The number of carbonyl (C=O) groups excluding carboxylic acids is 1. The van der Waals surface area contributed by atoms with Crippen LogP contribution in [0.1, 0.15) is 25.4 Å². The molecule has 4 rings (SSSR count). The van der Waals surface area contributed by atoms with Crippen molar-refractivity contribution >= 4 is 45.8 Å². The van der Waals surface area contributed by atoms with Gasteiger partial charge < -0.3 is 20.7 Å². The molecule has 0 fully saturated rings. The van der Waals surface area contributed by atoms with E-state index in [0.29, 0.717) is 52.8 Å². The fraction of sp³-hybridized carbons (Fsp3) is 0.421. The number of amides is 1. The Morgan fingerprint density at radius 3 is 2.81 bits per heavy atom. The summed E-state index contributed by atoms with van der Waals surface area (Å²) in [4.78, 5) is 31.5. The minimum Gasteiger partial charge on any atom is -0.447 e. The highest BCUT2D eigenvalue weighted by Gasteiger charge is 2.31. The van der Waals surface area contributed by atoms with Gasteiger partial charge in [0.2, 0.25) is 5.95 Å². The average molecular weight is 464 g/mol. The van der Waals surface area contributed by atoms with Crippen LogP contribution < -0.4 is 16.0 Å². The molecule has 10 nitrogen and oxygen atoms in total. The lowest BCUT2D eigenvalue weighted by molar-refractivity contribution is 0.138. The number of fused-ring (bicyclic) bond motifs is 1. The lowest BCUT2D eigenvalue weighted by atomic mass is 10.1. The lowest BCUT2D eigenvalue weighted by Crippen LogP contribution is -2.39. The van der Waals surface area contributed by atoms with Gasteiger partial charge in [-0.2, -0.15) is 4.98 Å². The minimum atomic E-state index is -1.19. The third-order valence-electron chi connectivity index (χ3n) is 4.82. The summed E-state index contributed by atoms with van der Waals surface area (Å²) in [7, 11) is -1.19. The van der Waals surface area contributed by atoms with Gasteiger partial charge in [0.25, 0.3) is 0 Å². The van der Waals surface area contributed by atoms with Gasteiger partial charge in [-0.05, 0) is 13.8 Å². The number of anilines is 2. The molecule has 0 saturated carbocycles. The maximum atomic E-state index is 12.6. The lowest BCUT2D eigenvalue weighted by Gasteiger charge is -2.27. The first-order valence-corrected chi connectivity index (χ1v) is 11.3. The van der Waals surface area contributed by atoms with Gasteiger partial charge >= 0.3 is 6.09 Å². The van der Waals surface area contributed by atoms with Crippen molar-refractivity contribution in [1.29, 1.82) is 0 Å². The van der Waals surface area contributed by atoms with Crippen LogP contribution >= 0.6 is 11.6 Å². The van der Waals surface area contributed by atoms with Gasteiger partial charge in [0.05, 0.1) is 27.1 Å². The highest BCUT2D eigenvalue weighted by Crippen LogP contribution is 2.33. The van der Waals surface area contributed by atoms with Crippen LogP contribution in [-0.2, 0) is 22.0 Å². The number of halogens is 1. The average Bonchev–Trinajstić information content (AvgIpc) is 3.34. The number of ether oxygens (including phenoxy) is 1. The summed E-state index contributed by atoms with van der Waals surface area (Å²) in [5, 5.41) is 3.74. The van der Waals surface area contributed by atoms with Gasteiger partial charge in [-0.3, -0.25) is 4.21 Å². The van der Waals surface area contributed by atoms with Gasteiger partial charge in [-0.15, -0.1) is 0 Å². The van der Waals surface area contributed by atoms with Crippen LogP contribution in [0.15, 0.2) is 23.4 Å². The van der Waals surface area contributed by atoms with Crippen molar-refractivity contribution in [3.8, 4) is 0 Å². The molecular formula is C19H22ClN7O3S. The van der Waals surface area contributed by atoms with E-state index < -0.39 is 22.4 Å². The van der Waals surface area contributed by atoms with Gasteiger partial charge in [0.15, 0.2) is 5.82 Å². The zero-order valence-corrected chi connectivity index (χ0v) is 18.7. The SMILES string of the molecule is CC(C)(COC(N)=O)Nc1nc(N2CC=C(c3ncc(Cl)cn3)C2)nc2c1[S@](=O)CC2. The van der Waals surface area contributed by atoms with Crippen molar-refractivity contribution in [2.24, 2.45) is 5.73 Å². The fourth-order valence-corrected chi connectivity index (χ4v) is 4.77. The number of hydrogen-bond donors (Lipinski definition) is 2. The molecule has 2 aromatic rings. The predicted molar refractivity (Wildman–Crippen MR) is 117 cm³/mol. The molecule has 0 unspecified atom stereocenters. The molecule has 12 heteroatoms. The maximum absolute atomic E-state index is 12.6. The van der Waals surface area contributed by atoms with Crippen molar-refractivity contribution in [2.75, 3.05) is 35.7 Å². The Kier molecular flexibility index (Phi) is 5.80. The molecule has 2 aromatic heterocycles. The van der Waals surface area contributed by atoms with Gasteiger partial charge in [-0.25, -0.2) is 19.7 Å². The Morgan fingerprint density at radius 2 is 2.10 bits per heavy atom. The molecule has 2 aliphatic rings. The van der Waals surface area contributed by atoms with Crippen molar-refractivity contribution in [1.82, 2.24) is 19.9 Å². The molecule has 3 N–H and O–H groups in total. The molecule has 1 amide bonds. The Morgan fingerprint density at radius 1 is 1.35 bits per heavy atom. The number of carbonyl (C=O) groups is 1. The summed E-state index contributed by atoms with van der Waals surface area (Å²) in [6, 6.07) is 0. The van der Waals surface area contributed by atoms with E-state index in [1.54, 1.807) is 12.4 Å². The van der Waals surface area contributed by atoms with Gasteiger partial charge in [0.1, 0.15) is 17.3 Å². The smallest absolute Gasteiger partial charge is 0.404 e. The second kappa shape index (κ2) is 8.39. The number of nitrogens with zero attached hydrogens (tertiary/aromatic N) is 5. The summed E-state index contributed by atoms with van der Waals surface area (Å²) in [6.07, 6.45) is 4.90. The molecule has 0 bridgehead atoms. The van der Waals surface area contributed by atoms with E-state index in [4.69, 9.17) is 22.1 Å². The topological polar surface area (TPSA) is 136 Å². The number of rotatable bonds is 6. The normalized spacial score (nSPS) is 18.0. The predicted octanol–water partition coefficient (Wildman–Crippen LogP) is 1.77. The number of aryl methyl sites for hydroxylation is 1. The largest absolute Gasteiger partial charge is 0.447 e. The highest BCUT2D eigenvalue weighted by atomic mass is 35.5. The molecule has 0 spiro atoms. The second-order valence-corrected chi connectivity index (χ2v) is 9.84. The van der Waals surface area contributed by atoms with E-state index in [9.17, 15) is 9.00 Å². The monoisotopic (exact) mass is 463 g/mol. The molecule has 0 aromatic carbocycles. The van der Waals surface area contributed by atoms with Crippen LogP contribution in [0.25, 0.3) is 5.57 Å². The van der Waals surface area contributed by atoms with E-state index in [2.05, 4.69) is 25.3 Å². The van der Waals surface area contributed by atoms with Crippen LogP contribution in [0.4, 0.5) is 16.6 Å². The number of hydrogen-bond acceptors (Lipinski definition) is 9. The summed E-state index contributed by atoms with van der Waals surface area (Å²) in [6.45, 7) is 4.85. The Labute approximate surface area is 186 Å². The summed E-state index contributed by atoms with van der Waals surface area (Å²) >= 11 is 5.88. The van der Waals surface area contributed by atoms with Crippen molar-refractivity contribution in [3.05, 3.63) is 35.0 Å². The van der Waals surface area contributed by atoms with Gasteiger partial charge in [-0.1, -0.05) is 17.7 Å². The Balaban J connectivity index is 1.58. The molecular weight excluding hydrogens is 442 g/mol. The van der Waals surface area contributed by atoms with Crippen molar-refractivity contribution in [3.63, 3.8) is 0 Å². The molecule has 0 saturated heterocycles. The van der Waals surface area contributed by atoms with Crippen LogP contribution in [0.5, 0.6) is 0 Å². The minimum absolute atomic E-state index is 0.0341. The second-order valence-electron chi connectivity index (χ2n) is 7.90. The van der Waals surface area contributed by atoms with Crippen LogP contribution in [0, 0.1) is 0 Å². The Hall–Kier alpha value is -2.79. The van der Waals surface area contributed by atoms with Crippen LogP contribution in [-0.4, -0.2) is 61.2 Å². The number of nitrogens with one attached hydrogen (secondary N) is 1. The molecule has 0 aliphatic carbocycles. The summed E-state index contributed by atoms with van der Waals surface area (Å²) < 4.78 is 17.5. The van der Waals surface area contributed by atoms with E-state index in [1.165, 1.54) is 0 Å². The molecule has 164 valence electrons. The van der Waals surface area contributed by atoms with E-state index in [1.807, 2.05) is 24.8 Å². The Bertz CT molecular complexity index is 1070. The zero-order valence-electron chi connectivity index (χ0n) is 17.1. The molecule has 31 heavy (non-hydrogen) atoms. The van der Waals surface area contributed by atoms with E-state index >= 15 is 0 Å². The van der Waals surface area contributed by atoms with Gasteiger partial charge in [0, 0.05) is 43.2 Å². The van der Waals surface area contributed by atoms with Crippen molar-refractivity contribution < 1.29 is 13.7 Å². The highest BCUT2D eigenvalue weighted by molar-refractivity contribution is 7.85. The number of primary amides is 1. The number of nitrogens with two attached hydrogens (primary N) is 1. The third-order valence-corrected chi connectivity index (χ3v) is 6.47. The standard InChI is InChI=1S/C19H22ClN7O3S/c1-19(2,10-30-17(21)28)26-16-14-13(4-6-31(14)29)24-18(25-16)27-5-3-11(9-27)15-22-7-12(20)8-23-15/h3,7-8H,4-6,9-10H2,1-2H3,(H2,21,28)(H,24,25,26)/t31-/m1/s1. The first-order chi connectivity index (χ1) is 14.7. The maximum Gasteiger partial charge on any atom is 0.404 e. The zero-order chi connectivity index (χ0) is 22.2. The first kappa shape index (κ1) is 21.4.